The minimum absolute atomic E-state index is 0.0108. The molecule has 0 saturated carbocycles. The zero-order valence-electron chi connectivity index (χ0n) is 11.5. The molecule has 1 aromatic carbocycles. The van der Waals surface area contributed by atoms with Crippen molar-refractivity contribution in [2.45, 2.75) is 0 Å². The van der Waals surface area contributed by atoms with E-state index >= 15 is 0 Å². The normalized spacial score (nSPS) is 10.7. The van der Waals surface area contributed by atoms with Crippen molar-refractivity contribution >= 4 is 23.5 Å². The molecule has 0 unspecified atom stereocenters. The van der Waals surface area contributed by atoms with Gasteiger partial charge in [0.05, 0.1) is 28.2 Å². The van der Waals surface area contributed by atoms with Gasteiger partial charge in [-0.05, 0) is 18.2 Å². The van der Waals surface area contributed by atoms with Gasteiger partial charge in [0.2, 0.25) is 5.95 Å². The number of hydrogen-bond acceptors (Lipinski definition) is 4. The Morgan fingerprint density at radius 2 is 2.09 bits per heavy atom. The van der Waals surface area contributed by atoms with Crippen LogP contribution in [0.1, 0.15) is 10.4 Å². The predicted molar refractivity (Wildman–Crippen MR) is 83.6 cm³/mol. The Balaban J connectivity index is 2.23. The minimum atomic E-state index is -1.20. The van der Waals surface area contributed by atoms with Crippen LogP contribution in [0.15, 0.2) is 36.5 Å². The van der Waals surface area contributed by atoms with Crippen LogP contribution in [0.5, 0.6) is 0 Å². The summed E-state index contributed by atoms with van der Waals surface area (Å²) in [5, 5.41) is 9.56. The zero-order valence-corrected chi connectivity index (χ0v) is 12.3. The fraction of sp³-hybridized carbons (Fsp3) is 0. The number of nitrogens with zero attached hydrogens (tertiary/aromatic N) is 2. The Hall–Kier alpha value is -2.93. The van der Waals surface area contributed by atoms with Crippen LogP contribution in [0.4, 0.5) is 10.3 Å². The van der Waals surface area contributed by atoms with Gasteiger partial charge < -0.3 is 15.8 Å². The van der Waals surface area contributed by atoms with Gasteiger partial charge in [-0.1, -0.05) is 23.7 Å². The average Bonchev–Trinajstić information content (AvgIpc) is 2.95. The standard InChI is InChI=1S/C15H10ClFN4O2/c16-9-6-19-15(18)21-13(9)11-5-8(14(22)23)12(20-11)7-3-1-2-4-10(7)17/h1-6,20H,(H,22,23)(H2,18,19,21). The quantitative estimate of drug-likeness (QED) is 0.683. The molecule has 0 aliphatic heterocycles. The fourth-order valence-corrected chi connectivity index (χ4v) is 2.39. The summed E-state index contributed by atoms with van der Waals surface area (Å²) in [5.41, 5.74) is 6.24. The van der Waals surface area contributed by atoms with Crippen LogP contribution in [-0.2, 0) is 0 Å². The maximum Gasteiger partial charge on any atom is 0.337 e. The monoisotopic (exact) mass is 332 g/mol. The Morgan fingerprint density at radius 3 is 2.78 bits per heavy atom. The highest BCUT2D eigenvalue weighted by Gasteiger charge is 2.20. The van der Waals surface area contributed by atoms with Gasteiger partial charge in [0, 0.05) is 5.56 Å². The SMILES string of the molecule is Nc1ncc(Cl)c(-c2cc(C(=O)O)c(-c3ccccc3F)[nH]2)n1. The van der Waals surface area contributed by atoms with Crippen LogP contribution in [0.3, 0.4) is 0 Å². The highest BCUT2D eigenvalue weighted by Crippen LogP contribution is 2.32. The van der Waals surface area contributed by atoms with Crippen molar-refractivity contribution in [1.82, 2.24) is 15.0 Å². The van der Waals surface area contributed by atoms with E-state index in [-0.39, 0.29) is 33.5 Å². The Morgan fingerprint density at radius 1 is 1.35 bits per heavy atom. The van der Waals surface area contributed by atoms with Crippen molar-refractivity contribution in [2.75, 3.05) is 5.73 Å². The summed E-state index contributed by atoms with van der Waals surface area (Å²) < 4.78 is 14.0. The van der Waals surface area contributed by atoms with E-state index in [0.717, 1.165) is 0 Å². The highest BCUT2D eigenvalue weighted by atomic mass is 35.5. The molecule has 8 heteroatoms. The van der Waals surface area contributed by atoms with E-state index in [1.807, 2.05) is 0 Å². The van der Waals surface area contributed by atoms with Gasteiger partial charge >= 0.3 is 5.97 Å². The van der Waals surface area contributed by atoms with Gasteiger partial charge in [-0.2, -0.15) is 0 Å². The number of aromatic carboxylic acids is 1. The lowest BCUT2D eigenvalue weighted by Gasteiger charge is -2.03. The molecule has 0 aliphatic carbocycles. The van der Waals surface area contributed by atoms with Crippen molar-refractivity contribution in [3.8, 4) is 22.6 Å². The van der Waals surface area contributed by atoms with Gasteiger partial charge in [0.1, 0.15) is 11.5 Å². The van der Waals surface area contributed by atoms with E-state index in [9.17, 15) is 14.3 Å². The second-order valence-corrected chi connectivity index (χ2v) is 5.09. The Labute approximate surface area is 134 Å². The summed E-state index contributed by atoms with van der Waals surface area (Å²) in [4.78, 5) is 22.1. The van der Waals surface area contributed by atoms with Crippen molar-refractivity contribution in [3.63, 3.8) is 0 Å². The van der Waals surface area contributed by atoms with E-state index in [1.165, 1.54) is 30.5 Å². The molecule has 4 N–H and O–H groups in total. The summed E-state index contributed by atoms with van der Waals surface area (Å²) in [6, 6.07) is 7.19. The zero-order chi connectivity index (χ0) is 16.6. The van der Waals surface area contributed by atoms with Gasteiger partial charge in [-0.15, -0.1) is 0 Å². The van der Waals surface area contributed by atoms with Crippen molar-refractivity contribution in [3.05, 3.63) is 52.9 Å². The van der Waals surface area contributed by atoms with Gasteiger partial charge in [-0.3, -0.25) is 0 Å². The third-order valence-corrected chi connectivity index (χ3v) is 3.49. The smallest absolute Gasteiger partial charge is 0.337 e. The number of nitrogens with two attached hydrogens (primary N) is 1. The summed E-state index contributed by atoms with van der Waals surface area (Å²) in [6.45, 7) is 0. The third kappa shape index (κ3) is 2.74. The molecule has 116 valence electrons. The third-order valence-electron chi connectivity index (χ3n) is 3.21. The molecule has 0 radical (unpaired) electrons. The number of anilines is 1. The molecule has 23 heavy (non-hydrogen) atoms. The maximum atomic E-state index is 14.0. The number of halogens is 2. The molecule has 0 atom stereocenters. The van der Waals surface area contributed by atoms with Crippen molar-refractivity contribution < 1.29 is 14.3 Å². The molecule has 0 fully saturated rings. The van der Waals surface area contributed by atoms with Crippen LogP contribution in [0, 0.1) is 5.82 Å². The number of aromatic nitrogens is 3. The molecule has 3 rings (SSSR count). The molecular weight excluding hydrogens is 323 g/mol. The van der Waals surface area contributed by atoms with Crippen LogP contribution in [-0.4, -0.2) is 26.0 Å². The highest BCUT2D eigenvalue weighted by molar-refractivity contribution is 6.32. The number of carboxylic acids is 1. The van der Waals surface area contributed by atoms with Crippen LogP contribution < -0.4 is 5.73 Å². The molecule has 6 nitrogen and oxygen atoms in total. The molecule has 2 heterocycles. The number of H-pyrrole nitrogens is 1. The number of carboxylic acid groups (broad SMARTS) is 1. The number of nitrogen functional groups attached to an aromatic ring is 1. The Kier molecular flexibility index (Phi) is 3.71. The molecule has 0 spiro atoms. The topological polar surface area (TPSA) is 105 Å². The van der Waals surface area contributed by atoms with Crippen LogP contribution >= 0.6 is 11.6 Å². The van der Waals surface area contributed by atoms with E-state index in [1.54, 1.807) is 6.07 Å². The number of carbonyl (C=O) groups is 1. The molecular formula is C15H10ClFN4O2. The van der Waals surface area contributed by atoms with Crippen molar-refractivity contribution in [2.24, 2.45) is 0 Å². The van der Waals surface area contributed by atoms with Gasteiger partial charge in [0.25, 0.3) is 0 Å². The Bertz CT molecular complexity index is 910. The van der Waals surface area contributed by atoms with Gasteiger partial charge in [-0.25, -0.2) is 19.2 Å². The lowest BCUT2D eigenvalue weighted by molar-refractivity contribution is 0.0698. The van der Waals surface area contributed by atoms with E-state index < -0.39 is 11.8 Å². The molecule has 3 aromatic rings. The largest absolute Gasteiger partial charge is 0.478 e. The molecule has 2 aromatic heterocycles. The number of aromatic amines is 1. The lowest BCUT2D eigenvalue weighted by atomic mass is 10.1. The lowest BCUT2D eigenvalue weighted by Crippen LogP contribution is -1.97. The maximum absolute atomic E-state index is 14.0. The van der Waals surface area contributed by atoms with E-state index in [2.05, 4.69) is 15.0 Å². The number of nitrogens with one attached hydrogen (secondary N) is 1. The summed E-state index contributed by atoms with van der Waals surface area (Å²) in [6.07, 6.45) is 1.31. The first kappa shape index (κ1) is 15.0. The van der Waals surface area contributed by atoms with Crippen LogP contribution in [0.2, 0.25) is 5.02 Å². The van der Waals surface area contributed by atoms with Crippen LogP contribution in [0.25, 0.3) is 22.6 Å². The fourth-order valence-electron chi connectivity index (χ4n) is 2.20. The minimum Gasteiger partial charge on any atom is -0.478 e. The number of rotatable bonds is 3. The van der Waals surface area contributed by atoms with Gasteiger partial charge in [0.15, 0.2) is 0 Å². The second-order valence-electron chi connectivity index (χ2n) is 4.68. The molecule has 0 bridgehead atoms. The first-order chi connectivity index (χ1) is 11.0. The second kappa shape index (κ2) is 5.69. The van der Waals surface area contributed by atoms with E-state index in [4.69, 9.17) is 17.3 Å². The molecule has 0 aliphatic rings. The molecule has 0 saturated heterocycles. The summed E-state index contributed by atoms with van der Waals surface area (Å²) in [7, 11) is 0. The average molecular weight is 333 g/mol. The first-order valence-electron chi connectivity index (χ1n) is 6.47. The first-order valence-corrected chi connectivity index (χ1v) is 6.84. The van der Waals surface area contributed by atoms with E-state index in [0.29, 0.717) is 5.69 Å². The molecule has 0 amide bonds. The summed E-state index contributed by atoms with van der Waals surface area (Å²) in [5.74, 6) is -1.76. The predicted octanol–water partition coefficient (Wildman–Crippen LogP) is 3.21. The number of hydrogen-bond donors (Lipinski definition) is 3. The number of benzene rings is 1. The summed E-state index contributed by atoms with van der Waals surface area (Å²) >= 11 is 6.03. The van der Waals surface area contributed by atoms with Crippen molar-refractivity contribution in [1.29, 1.82) is 0 Å².